The fourth-order valence-electron chi connectivity index (χ4n) is 3.35. The first kappa shape index (κ1) is 17.8. The average Bonchev–Trinajstić information content (AvgIpc) is 3.11. The topological polar surface area (TPSA) is 88.2 Å². The number of fused-ring (bicyclic) bond motifs is 1. The molecular formula is C16H15ClFN3O3S2. The zero-order valence-electron chi connectivity index (χ0n) is 13.7. The molecule has 1 saturated carbocycles. The summed E-state index contributed by atoms with van der Waals surface area (Å²) in [6.45, 7) is 2.04. The molecule has 0 radical (unpaired) electrons. The van der Waals surface area contributed by atoms with Crippen molar-refractivity contribution in [3.63, 3.8) is 0 Å². The second kappa shape index (κ2) is 5.98. The molecule has 2 aliphatic rings. The number of sulfonamides is 1. The summed E-state index contributed by atoms with van der Waals surface area (Å²) in [5.74, 6) is -1.11. The standard InChI is InChI=1S/C16H15ClFN3O3S2/c1-8-14(21-15(22)16-6-10(16)7-19-26(16,23)24)25-13(20-8)4-9-2-11(17)5-12(18)3-9/h2-3,5,10,19H,4,6-7H2,1H3,(H,21,22). The number of halogens is 2. The number of nitrogens with one attached hydrogen (secondary N) is 2. The van der Waals surface area contributed by atoms with Gasteiger partial charge in [-0.3, -0.25) is 4.79 Å². The van der Waals surface area contributed by atoms with Crippen LogP contribution in [0.2, 0.25) is 5.02 Å². The minimum absolute atomic E-state index is 0.172. The number of hydrogen-bond acceptors (Lipinski definition) is 5. The van der Waals surface area contributed by atoms with E-state index in [1.807, 2.05) is 0 Å². The highest BCUT2D eigenvalue weighted by atomic mass is 35.5. The van der Waals surface area contributed by atoms with E-state index in [1.165, 1.54) is 23.5 Å². The van der Waals surface area contributed by atoms with Gasteiger partial charge in [-0.05, 0) is 37.1 Å². The van der Waals surface area contributed by atoms with Crippen LogP contribution in [-0.4, -0.2) is 30.6 Å². The van der Waals surface area contributed by atoms with Crippen molar-refractivity contribution < 1.29 is 17.6 Å². The molecule has 1 aliphatic carbocycles. The number of amides is 1. The first-order valence-corrected chi connectivity index (χ1v) is 10.6. The van der Waals surface area contributed by atoms with Gasteiger partial charge in [0.2, 0.25) is 15.9 Å². The predicted octanol–water partition coefficient (Wildman–Crippen LogP) is 2.47. The van der Waals surface area contributed by atoms with Gasteiger partial charge in [-0.25, -0.2) is 22.5 Å². The van der Waals surface area contributed by atoms with E-state index < -0.39 is 26.5 Å². The minimum atomic E-state index is -3.63. The van der Waals surface area contributed by atoms with Crippen LogP contribution in [0.4, 0.5) is 9.39 Å². The molecule has 0 spiro atoms. The van der Waals surface area contributed by atoms with Crippen LogP contribution >= 0.6 is 22.9 Å². The fraction of sp³-hybridized carbons (Fsp3) is 0.375. The molecule has 2 fully saturated rings. The molecule has 2 atom stereocenters. The monoisotopic (exact) mass is 415 g/mol. The highest BCUT2D eigenvalue weighted by Crippen LogP contribution is 2.54. The summed E-state index contributed by atoms with van der Waals surface area (Å²) in [4.78, 5) is 17.0. The van der Waals surface area contributed by atoms with E-state index in [9.17, 15) is 17.6 Å². The van der Waals surface area contributed by atoms with Crippen LogP contribution in [0.15, 0.2) is 18.2 Å². The van der Waals surface area contributed by atoms with E-state index in [0.717, 1.165) is 0 Å². The third kappa shape index (κ3) is 2.83. The molecule has 0 bridgehead atoms. The van der Waals surface area contributed by atoms with E-state index >= 15 is 0 Å². The Labute approximate surface area is 158 Å². The van der Waals surface area contributed by atoms with Gasteiger partial charge in [-0.15, -0.1) is 11.3 Å². The molecular weight excluding hydrogens is 401 g/mol. The van der Waals surface area contributed by atoms with Gasteiger partial charge in [0.15, 0.2) is 4.75 Å². The minimum Gasteiger partial charge on any atom is -0.315 e. The van der Waals surface area contributed by atoms with Gasteiger partial charge in [-0.2, -0.15) is 0 Å². The van der Waals surface area contributed by atoms with Crippen molar-refractivity contribution in [2.24, 2.45) is 5.92 Å². The van der Waals surface area contributed by atoms with Crippen molar-refractivity contribution in [3.05, 3.63) is 45.3 Å². The third-order valence-corrected chi connectivity index (χ3v) is 8.26. The first-order chi connectivity index (χ1) is 12.2. The molecule has 4 rings (SSSR count). The van der Waals surface area contributed by atoms with Gasteiger partial charge in [0.25, 0.3) is 0 Å². The number of hydrogen-bond donors (Lipinski definition) is 2. The maximum Gasteiger partial charge on any atom is 0.248 e. The molecule has 2 aromatic rings. The van der Waals surface area contributed by atoms with Crippen LogP contribution in [0.1, 0.15) is 22.7 Å². The summed E-state index contributed by atoms with van der Waals surface area (Å²) in [5, 5.41) is 4.21. The molecule has 1 aromatic carbocycles. The fourth-order valence-corrected chi connectivity index (χ4v) is 6.51. The number of rotatable bonds is 4. The lowest BCUT2D eigenvalue weighted by molar-refractivity contribution is -0.116. The number of nitrogens with zero attached hydrogens (tertiary/aromatic N) is 1. The number of carbonyl (C=O) groups is 1. The summed E-state index contributed by atoms with van der Waals surface area (Å²) in [6, 6.07) is 4.26. The maximum absolute atomic E-state index is 13.5. The second-order valence-corrected chi connectivity index (χ2v) is 10.1. The van der Waals surface area contributed by atoms with Crippen molar-refractivity contribution >= 4 is 43.9 Å². The molecule has 138 valence electrons. The summed E-state index contributed by atoms with van der Waals surface area (Å²) in [7, 11) is -3.63. The molecule has 10 heteroatoms. The van der Waals surface area contributed by atoms with E-state index in [2.05, 4.69) is 15.0 Å². The molecule has 26 heavy (non-hydrogen) atoms. The normalized spacial score (nSPS) is 25.7. The van der Waals surface area contributed by atoms with Crippen LogP contribution in [0.25, 0.3) is 0 Å². The van der Waals surface area contributed by atoms with Crippen LogP contribution in [0, 0.1) is 18.7 Å². The van der Waals surface area contributed by atoms with Crippen molar-refractivity contribution in [2.45, 2.75) is 24.5 Å². The van der Waals surface area contributed by atoms with Gasteiger partial charge in [0.05, 0.1) is 10.7 Å². The summed E-state index contributed by atoms with van der Waals surface area (Å²) in [6.07, 6.45) is 0.715. The van der Waals surface area contributed by atoms with E-state index in [0.29, 0.717) is 45.7 Å². The van der Waals surface area contributed by atoms with E-state index in [-0.39, 0.29) is 5.92 Å². The van der Waals surface area contributed by atoms with Crippen molar-refractivity contribution in [2.75, 3.05) is 11.9 Å². The van der Waals surface area contributed by atoms with Gasteiger partial charge < -0.3 is 5.32 Å². The Hall–Kier alpha value is -1.55. The van der Waals surface area contributed by atoms with Gasteiger partial charge in [0.1, 0.15) is 10.8 Å². The lowest BCUT2D eigenvalue weighted by atomic mass is 10.1. The summed E-state index contributed by atoms with van der Waals surface area (Å²) >= 11 is 7.11. The predicted molar refractivity (Wildman–Crippen MR) is 97.5 cm³/mol. The second-order valence-electron chi connectivity index (χ2n) is 6.57. The molecule has 2 unspecified atom stereocenters. The summed E-state index contributed by atoms with van der Waals surface area (Å²) < 4.78 is 38.8. The van der Waals surface area contributed by atoms with Crippen LogP contribution in [0.5, 0.6) is 0 Å². The highest BCUT2D eigenvalue weighted by molar-refractivity contribution is 7.92. The highest BCUT2D eigenvalue weighted by Gasteiger charge is 2.73. The van der Waals surface area contributed by atoms with Crippen molar-refractivity contribution in [3.8, 4) is 0 Å². The molecule has 2 heterocycles. The summed E-state index contributed by atoms with van der Waals surface area (Å²) in [5.41, 5.74) is 1.27. The number of aromatic nitrogens is 1. The average molecular weight is 416 g/mol. The number of carbonyl (C=O) groups excluding carboxylic acids is 1. The smallest absolute Gasteiger partial charge is 0.248 e. The molecule has 1 aliphatic heterocycles. The van der Waals surface area contributed by atoms with E-state index in [1.54, 1.807) is 13.0 Å². The number of aryl methyl sites for hydroxylation is 1. The number of thiazole rings is 1. The Bertz CT molecular complexity index is 1000. The quantitative estimate of drug-likeness (QED) is 0.802. The lowest BCUT2D eigenvalue weighted by Crippen LogP contribution is -2.40. The van der Waals surface area contributed by atoms with Gasteiger partial charge in [-0.1, -0.05) is 11.6 Å². The SMILES string of the molecule is Cc1nc(Cc2cc(F)cc(Cl)c2)sc1NC(=O)C12CC1CNS2(=O)=O. The Kier molecular flexibility index (Phi) is 4.11. The van der Waals surface area contributed by atoms with Crippen molar-refractivity contribution in [1.29, 1.82) is 0 Å². The largest absolute Gasteiger partial charge is 0.315 e. The molecule has 1 amide bonds. The van der Waals surface area contributed by atoms with Crippen LogP contribution < -0.4 is 10.0 Å². The van der Waals surface area contributed by atoms with Crippen molar-refractivity contribution in [1.82, 2.24) is 9.71 Å². The Morgan fingerprint density at radius 1 is 1.50 bits per heavy atom. The Morgan fingerprint density at radius 3 is 2.88 bits per heavy atom. The molecule has 1 saturated heterocycles. The number of anilines is 1. The van der Waals surface area contributed by atoms with Crippen LogP contribution in [0.3, 0.4) is 0 Å². The number of benzene rings is 1. The van der Waals surface area contributed by atoms with Crippen LogP contribution in [-0.2, 0) is 21.2 Å². The Morgan fingerprint density at radius 2 is 2.27 bits per heavy atom. The molecule has 1 aromatic heterocycles. The van der Waals surface area contributed by atoms with Gasteiger partial charge >= 0.3 is 0 Å². The first-order valence-electron chi connectivity index (χ1n) is 7.93. The van der Waals surface area contributed by atoms with Gasteiger partial charge in [0, 0.05) is 23.9 Å². The molecule has 6 nitrogen and oxygen atoms in total. The van der Waals surface area contributed by atoms with E-state index in [4.69, 9.17) is 11.6 Å². The maximum atomic E-state index is 13.5. The Balaban J connectivity index is 1.53. The molecule has 2 N–H and O–H groups in total. The zero-order chi connectivity index (χ0) is 18.7. The third-order valence-electron chi connectivity index (χ3n) is 4.78. The lowest BCUT2D eigenvalue weighted by Gasteiger charge is -2.11. The zero-order valence-corrected chi connectivity index (χ0v) is 16.1.